The molecule has 0 saturated heterocycles. The van der Waals surface area contributed by atoms with Gasteiger partial charge in [-0.2, -0.15) is 13.4 Å². The number of nitrogens with zero attached hydrogens (tertiary/aromatic N) is 1. The lowest BCUT2D eigenvalue weighted by molar-refractivity contribution is 0.0697. The number of aliphatic imine (C=N–C) groups is 1. The molecule has 0 unspecified atom stereocenters. The second-order valence-electron chi connectivity index (χ2n) is 9.68. The average Bonchev–Trinajstić information content (AvgIpc) is 2.95. The number of amides is 3. The molecular formula is C30H34N4O9S. The van der Waals surface area contributed by atoms with Crippen molar-refractivity contribution in [2.24, 2.45) is 16.6 Å². The summed E-state index contributed by atoms with van der Waals surface area (Å²) in [6.45, 7) is 6.20. The highest BCUT2D eigenvalue weighted by molar-refractivity contribution is 7.85. The first-order valence-electron chi connectivity index (χ1n) is 13.2. The van der Waals surface area contributed by atoms with Gasteiger partial charge in [0.2, 0.25) is 0 Å². The molecule has 0 aromatic heterocycles. The summed E-state index contributed by atoms with van der Waals surface area (Å²) in [5.74, 6) is -1.86. The van der Waals surface area contributed by atoms with Crippen LogP contribution in [-0.4, -0.2) is 67.2 Å². The number of hydrogen-bond acceptors (Lipinski definition) is 7. The minimum Gasteiger partial charge on any atom is -0.478 e. The molecule has 3 rings (SSSR count). The number of anilines is 1. The Hall–Kier alpha value is -5.08. The number of nitrogens with one attached hydrogen (secondary N) is 2. The van der Waals surface area contributed by atoms with Crippen LogP contribution in [0.2, 0.25) is 0 Å². The maximum atomic E-state index is 13.2. The van der Waals surface area contributed by atoms with Gasteiger partial charge in [0.25, 0.3) is 21.9 Å². The predicted octanol–water partition coefficient (Wildman–Crippen LogP) is 4.06. The highest BCUT2D eigenvalue weighted by Crippen LogP contribution is 2.29. The molecule has 3 aromatic rings. The second kappa shape index (κ2) is 16.0. The third kappa shape index (κ3) is 11.3. The zero-order valence-corrected chi connectivity index (χ0v) is 25.3. The number of nitrogens with two attached hydrogens (primary N) is 1. The van der Waals surface area contributed by atoms with Crippen molar-refractivity contribution in [1.82, 2.24) is 5.32 Å². The maximum Gasteiger partial charge on any atom is 0.435 e. The molecule has 3 amide bonds. The van der Waals surface area contributed by atoms with Crippen molar-refractivity contribution in [3.63, 3.8) is 0 Å². The molecule has 0 heterocycles. The third-order valence-electron chi connectivity index (χ3n) is 5.56. The molecule has 0 aliphatic rings. The summed E-state index contributed by atoms with van der Waals surface area (Å²) >= 11 is 0. The molecule has 0 atom stereocenters. The molecular weight excluding hydrogens is 592 g/mol. The molecule has 14 heteroatoms. The maximum absolute atomic E-state index is 13.2. The predicted molar refractivity (Wildman–Crippen MR) is 166 cm³/mol. The van der Waals surface area contributed by atoms with Crippen molar-refractivity contribution >= 4 is 45.5 Å². The smallest absolute Gasteiger partial charge is 0.435 e. The minimum atomic E-state index is -3.67. The van der Waals surface area contributed by atoms with Crippen LogP contribution in [0.5, 0.6) is 0 Å². The fourth-order valence-electron chi connectivity index (χ4n) is 3.65. The number of carboxylic acids is 1. The van der Waals surface area contributed by atoms with Crippen LogP contribution >= 0.6 is 0 Å². The molecule has 3 aromatic carbocycles. The summed E-state index contributed by atoms with van der Waals surface area (Å²) in [6, 6.07) is 17.3. The van der Waals surface area contributed by atoms with Crippen LogP contribution in [0.1, 0.15) is 57.4 Å². The van der Waals surface area contributed by atoms with E-state index in [4.69, 9.17) is 15.0 Å². The van der Waals surface area contributed by atoms with Gasteiger partial charge in [-0.1, -0.05) is 38.1 Å². The van der Waals surface area contributed by atoms with Gasteiger partial charge in [-0.25, -0.2) is 9.59 Å². The van der Waals surface area contributed by atoms with E-state index in [-0.39, 0.29) is 41.0 Å². The number of benzene rings is 3. The van der Waals surface area contributed by atoms with Gasteiger partial charge in [0.1, 0.15) is 5.84 Å². The highest BCUT2D eigenvalue weighted by Gasteiger charge is 2.20. The van der Waals surface area contributed by atoms with Gasteiger partial charge in [0.15, 0.2) is 0 Å². The van der Waals surface area contributed by atoms with Crippen molar-refractivity contribution < 1.29 is 42.0 Å². The Morgan fingerprint density at radius 3 is 2.05 bits per heavy atom. The first kappa shape index (κ1) is 35.1. The largest absolute Gasteiger partial charge is 0.478 e. The van der Waals surface area contributed by atoms with Crippen LogP contribution in [0.3, 0.4) is 0 Å². The summed E-state index contributed by atoms with van der Waals surface area (Å²) in [4.78, 5) is 53.0. The monoisotopic (exact) mass is 626 g/mol. The molecule has 0 spiro atoms. The Kier molecular flexibility index (Phi) is 12.7. The molecule has 6 N–H and O–H groups in total. The zero-order valence-electron chi connectivity index (χ0n) is 24.5. The van der Waals surface area contributed by atoms with Crippen molar-refractivity contribution in [3.8, 4) is 11.1 Å². The summed E-state index contributed by atoms with van der Waals surface area (Å²) in [6.07, 6.45) is -0.0820. The Labute approximate surface area is 254 Å². The minimum absolute atomic E-state index is 0.0285. The molecule has 13 nitrogen and oxygen atoms in total. The first-order chi connectivity index (χ1) is 20.6. The lowest BCUT2D eigenvalue weighted by atomic mass is 9.93. The summed E-state index contributed by atoms with van der Waals surface area (Å²) in [7, 11) is -3.67. The Morgan fingerprint density at radius 1 is 0.909 bits per heavy atom. The number of hydrogen-bond donors (Lipinski definition) is 5. The summed E-state index contributed by atoms with van der Waals surface area (Å²) in [5, 5.41) is 15.4. The van der Waals surface area contributed by atoms with Gasteiger partial charge in [0.05, 0.1) is 18.4 Å². The van der Waals surface area contributed by atoms with E-state index in [0.29, 0.717) is 35.2 Å². The lowest BCUT2D eigenvalue weighted by Gasteiger charge is -2.14. The number of carboxylic acid groups (broad SMARTS) is 1. The van der Waals surface area contributed by atoms with Crippen LogP contribution < -0.4 is 16.4 Å². The Balaban J connectivity index is 0.00000125. The molecule has 0 saturated carbocycles. The molecule has 44 heavy (non-hydrogen) atoms. The fourth-order valence-corrected chi connectivity index (χ4v) is 3.65. The SMILES string of the molecule is CCOC(=O)N=C(N)c1ccc(NC(=O)c2ccccc2-c2ccc(C(=O)NCC(C)C)cc2C(=O)O)cc1.CS(=O)(=O)O. The topological polar surface area (TPSA) is 215 Å². The van der Waals surface area contributed by atoms with Crippen LogP contribution in [0.25, 0.3) is 11.1 Å². The van der Waals surface area contributed by atoms with Gasteiger partial charge >= 0.3 is 12.1 Å². The van der Waals surface area contributed by atoms with Crippen molar-refractivity contribution in [1.29, 1.82) is 0 Å². The number of carbonyl (C=O) groups is 4. The second-order valence-corrected chi connectivity index (χ2v) is 11.1. The van der Waals surface area contributed by atoms with Crippen LogP contribution in [0, 0.1) is 5.92 Å². The molecule has 0 aliphatic heterocycles. The van der Waals surface area contributed by atoms with E-state index < -0.39 is 28.1 Å². The van der Waals surface area contributed by atoms with E-state index in [9.17, 15) is 32.7 Å². The van der Waals surface area contributed by atoms with Crippen LogP contribution in [0.15, 0.2) is 71.7 Å². The van der Waals surface area contributed by atoms with E-state index in [1.165, 1.54) is 18.2 Å². The van der Waals surface area contributed by atoms with Crippen molar-refractivity contribution in [2.75, 3.05) is 24.7 Å². The van der Waals surface area contributed by atoms with Crippen molar-refractivity contribution in [2.45, 2.75) is 20.8 Å². The van der Waals surface area contributed by atoms with E-state index in [2.05, 4.69) is 15.6 Å². The number of aromatic carboxylic acids is 1. The first-order valence-corrected chi connectivity index (χ1v) is 15.1. The van der Waals surface area contributed by atoms with Crippen LogP contribution in [-0.2, 0) is 14.9 Å². The van der Waals surface area contributed by atoms with Crippen LogP contribution in [0.4, 0.5) is 10.5 Å². The Bertz CT molecular complexity index is 1640. The van der Waals surface area contributed by atoms with Gasteiger partial charge in [-0.15, -0.1) is 0 Å². The molecule has 0 radical (unpaired) electrons. The van der Waals surface area contributed by atoms with Gasteiger partial charge in [-0.3, -0.25) is 14.1 Å². The standard InChI is InChI=1S/C29H30N4O6.CH4O3S/c1-4-39-29(38)33-25(30)18-9-12-20(13-10-18)32-27(35)23-8-6-5-7-21(23)22-14-11-19(15-24(22)28(36)37)26(34)31-16-17(2)3;1-5(2,3)4/h5-15,17H,4,16H2,1-3H3,(H,31,34)(H,32,35)(H,36,37)(H2,30,33,38);1H3,(H,2,3,4). The molecule has 234 valence electrons. The Morgan fingerprint density at radius 2 is 1.48 bits per heavy atom. The zero-order chi connectivity index (χ0) is 33.0. The number of ether oxygens (including phenoxy) is 1. The van der Waals surface area contributed by atoms with E-state index in [1.807, 2.05) is 13.8 Å². The van der Waals surface area contributed by atoms with E-state index in [0.717, 1.165) is 0 Å². The molecule has 0 aliphatic carbocycles. The lowest BCUT2D eigenvalue weighted by Crippen LogP contribution is -2.27. The quantitative estimate of drug-likeness (QED) is 0.130. The third-order valence-corrected chi connectivity index (χ3v) is 5.56. The van der Waals surface area contributed by atoms with Gasteiger partial charge < -0.3 is 26.2 Å². The highest BCUT2D eigenvalue weighted by atomic mass is 32.2. The van der Waals surface area contributed by atoms with Gasteiger partial charge in [-0.05, 0) is 66.4 Å². The van der Waals surface area contributed by atoms with E-state index in [1.54, 1.807) is 55.5 Å². The number of amidine groups is 1. The number of carbonyl (C=O) groups excluding carboxylic acids is 3. The van der Waals surface area contributed by atoms with E-state index >= 15 is 0 Å². The fraction of sp³-hybridized carbons (Fsp3) is 0.233. The normalized spacial score (nSPS) is 11.2. The van der Waals surface area contributed by atoms with Gasteiger partial charge in [0, 0.05) is 28.9 Å². The average molecular weight is 627 g/mol. The molecule has 0 fully saturated rings. The summed E-state index contributed by atoms with van der Waals surface area (Å²) < 4.78 is 30.6. The summed E-state index contributed by atoms with van der Waals surface area (Å²) in [5.41, 5.74) is 7.79. The van der Waals surface area contributed by atoms with Crippen molar-refractivity contribution in [3.05, 3.63) is 89.0 Å². The number of rotatable bonds is 9. The molecule has 0 bridgehead atoms.